The van der Waals surface area contributed by atoms with Crippen LogP contribution in [0.25, 0.3) is 0 Å². The quantitative estimate of drug-likeness (QED) is 0.660. The molecule has 0 aromatic carbocycles. The molecule has 1 aliphatic heterocycles. The van der Waals surface area contributed by atoms with Crippen molar-refractivity contribution in [2.24, 2.45) is 5.41 Å². The molecule has 11 heavy (non-hydrogen) atoms. The molecule has 1 rings (SSSR count). The van der Waals surface area contributed by atoms with Crippen LogP contribution in [-0.4, -0.2) is 12.1 Å². The Bertz CT molecular complexity index is 140. The van der Waals surface area contributed by atoms with Crippen LogP contribution in [0.3, 0.4) is 0 Å². The van der Waals surface area contributed by atoms with Crippen LogP contribution in [-0.2, 0) is 0 Å². The lowest BCUT2D eigenvalue weighted by Crippen LogP contribution is -2.69. The van der Waals surface area contributed by atoms with Crippen LogP contribution in [0.5, 0.6) is 0 Å². The largest absolute Gasteiger partial charge is 0.310 e. The van der Waals surface area contributed by atoms with Crippen LogP contribution in [0.4, 0.5) is 0 Å². The van der Waals surface area contributed by atoms with E-state index in [-0.39, 0.29) is 0 Å². The summed E-state index contributed by atoms with van der Waals surface area (Å²) in [6.45, 7) is 10.5. The first-order valence-corrected chi connectivity index (χ1v) is 4.83. The van der Waals surface area contributed by atoms with Gasteiger partial charge in [-0.15, -0.1) is 0 Å². The van der Waals surface area contributed by atoms with E-state index >= 15 is 0 Å². The van der Waals surface area contributed by atoms with Crippen LogP contribution in [0, 0.1) is 5.41 Å². The van der Waals surface area contributed by atoms with Crippen molar-refractivity contribution in [3.05, 3.63) is 0 Å². The molecule has 1 fully saturated rings. The molecule has 1 saturated heterocycles. The molecule has 1 N–H and O–H groups in total. The zero-order valence-electron chi connectivity index (χ0n) is 8.33. The van der Waals surface area contributed by atoms with Gasteiger partial charge in [-0.3, -0.25) is 0 Å². The van der Waals surface area contributed by atoms with Crippen molar-refractivity contribution in [2.75, 3.05) is 6.54 Å². The topological polar surface area (TPSA) is 12.0 Å². The molecule has 0 radical (unpaired) electrons. The van der Waals surface area contributed by atoms with Crippen molar-refractivity contribution in [2.45, 2.75) is 52.5 Å². The monoisotopic (exact) mass is 155 g/mol. The van der Waals surface area contributed by atoms with E-state index in [1.54, 1.807) is 0 Å². The van der Waals surface area contributed by atoms with Gasteiger partial charge < -0.3 is 5.32 Å². The summed E-state index contributed by atoms with van der Waals surface area (Å²) in [5, 5.41) is 3.55. The number of rotatable bonds is 3. The Kier molecular flexibility index (Phi) is 2.29. The van der Waals surface area contributed by atoms with Crippen molar-refractivity contribution in [1.29, 1.82) is 0 Å². The third-order valence-corrected chi connectivity index (χ3v) is 3.71. The predicted octanol–water partition coefficient (Wildman–Crippen LogP) is 2.56. The summed E-state index contributed by atoms with van der Waals surface area (Å²) in [7, 11) is 0. The Balaban J connectivity index is 2.58. The zero-order valence-corrected chi connectivity index (χ0v) is 8.33. The normalized spacial score (nSPS) is 43.6. The minimum absolute atomic E-state index is 0.420. The molecule has 1 heteroatoms. The third kappa shape index (κ3) is 1.20. The maximum absolute atomic E-state index is 3.55. The van der Waals surface area contributed by atoms with E-state index in [1.165, 1.54) is 25.8 Å². The number of hydrogen-bond acceptors (Lipinski definition) is 1. The van der Waals surface area contributed by atoms with Gasteiger partial charge in [0.25, 0.3) is 0 Å². The fraction of sp³-hybridized carbons (Fsp3) is 1.00. The first-order chi connectivity index (χ1) is 5.08. The highest BCUT2D eigenvalue weighted by atomic mass is 15.1. The van der Waals surface area contributed by atoms with Crippen molar-refractivity contribution in [3.8, 4) is 0 Å². The highest BCUT2D eigenvalue weighted by molar-refractivity contribution is 5.08. The van der Waals surface area contributed by atoms with E-state index < -0.39 is 0 Å². The highest BCUT2D eigenvalue weighted by Crippen LogP contribution is 2.44. The standard InChI is InChI=1S/C10H21N/c1-5-7-9(3)8-11-10(9,4)6-2/h11H,5-8H2,1-4H3. The molecule has 0 bridgehead atoms. The van der Waals surface area contributed by atoms with Crippen LogP contribution in [0.2, 0.25) is 0 Å². The summed E-state index contributed by atoms with van der Waals surface area (Å²) in [6.07, 6.45) is 3.93. The van der Waals surface area contributed by atoms with Crippen LogP contribution in [0.15, 0.2) is 0 Å². The molecule has 66 valence electrons. The van der Waals surface area contributed by atoms with E-state index in [1.807, 2.05) is 0 Å². The molecular formula is C10H21N. The average Bonchev–Trinajstić information content (AvgIpc) is 2.01. The minimum Gasteiger partial charge on any atom is -0.310 e. The predicted molar refractivity (Wildman–Crippen MR) is 49.7 cm³/mol. The van der Waals surface area contributed by atoms with Gasteiger partial charge in [-0.2, -0.15) is 0 Å². The van der Waals surface area contributed by atoms with Gasteiger partial charge in [-0.1, -0.05) is 27.2 Å². The molecule has 2 unspecified atom stereocenters. The average molecular weight is 155 g/mol. The SMILES string of the molecule is CCCC1(C)CNC1(C)CC. The Morgan fingerprint density at radius 1 is 1.27 bits per heavy atom. The molecule has 0 aliphatic carbocycles. The van der Waals surface area contributed by atoms with E-state index in [9.17, 15) is 0 Å². The summed E-state index contributed by atoms with van der Waals surface area (Å²) >= 11 is 0. The van der Waals surface area contributed by atoms with Gasteiger partial charge in [0.1, 0.15) is 0 Å². The van der Waals surface area contributed by atoms with Crippen LogP contribution < -0.4 is 5.32 Å². The molecule has 0 aromatic heterocycles. The van der Waals surface area contributed by atoms with Gasteiger partial charge >= 0.3 is 0 Å². The van der Waals surface area contributed by atoms with Crippen LogP contribution >= 0.6 is 0 Å². The van der Waals surface area contributed by atoms with E-state index in [2.05, 4.69) is 33.0 Å². The molecular weight excluding hydrogens is 134 g/mol. The van der Waals surface area contributed by atoms with Gasteiger partial charge in [0.2, 0.25) is 0 Å². The van der Waals surface area contributed by atoms with Gasteiger partial charge in [0, 0.05) is 12.1 Å². The Morgan fingerprint density at radius 3 is 2.18 bits per heavy atom. The molecule has 1 aliphatic rings. The number of nitrogens with one attached hydrogen (secondary N) is 1. The third-order valence-electron chi connectivity index (χ3n) is 3.71. The van der Waals surface area contributed by atoms with Crippen molar-refractivity contribution >= 4 is 0 Å². The summed E-state index contributed by atoms with van der Waals surface area (Å²) in [6, 6.07) is 0. The summed E-state index contributed by atoms with van der Waals surface area (Å²) in [4.78, 5) is 0. The van der Waals surface area contributed by atoms with Gasteiger partial charge in [0.05, 0.1) is 0 Å². The molecule has 0 saturated carbocycles. The molecule has 0 amide bonds. The summed E-state index contributed by atoms with van der Waals surface area (Å²) in [5.41, 5.74) is 0.986. The van der Waals surface area contributed by atoms with Crippen molar-refractivity contribution < 1.29 is 0 Å². The second-order valence-electron chi connectivity index (χ2n) is 4.35. The summed E-state index contributed by atoms with van der Waals surface area (Å²) < 4.78 is 0. The maximum Gasteiger partial charge on any atom is 0.0216 e. The molecule has 1 heterocycles. The maximum atomic E-state index is 3.55. The lowest BCUT2D eigenvalue weighted by molar-refractivity contribution is 0.000992. The Labute approximate surface area is 70.6 Å². The second kappa shape index (κ2) is 2.78. The van der Waals surface area contributed by atoms with Crippen LogP contribution in [0.1, 0.15) is 47.0 Å². The number of hydrogen-bond donors (Lipinski definition) is 1. The molecule has 1 nitrogen and oxygen atoms in total. The van der Waals surface area contributed by atoms with Gasteiger partial charge in [0.15, 0.2) is 0 Å². The van der Waals surface area contributed by atoms with E-state index in [0.717, 1.165) is 0 Å². The van der Waals surface area contributed by atoms with E-state index in [4.69, 9.17) is 0 Å². The first-order valence-electron chi connectivity index (χ1n) is 4.83. The lowest BCUT2D eigenvalue weighted by atomic mass is 9.61. The van der Waals surface area contributed by atoms with Crippen molar-refractivity contribution in [3.63, 3.8) is 0 Å². The highest BCUT2D eigenvalue weighted by Gasteiger charge is 2.49. The first kappa shape index (κ1) is 9.05. The fourth-order valence-electron chi connectivity index (χ4n) is 2.16. The second-order valence-corrected chi connectivity index (χ2v) is 4.35. The summed E-state index contributed by atoms with van der Waals surface area (Å²) in [5.74, 6) is 0. The molecule has 0 aromatic rings. The zero-order chi connectivity index (χ0) is 8.54. The molecule has 2 atom stereocenters. The Morgan fingerprint density at radius 2 is 1.91 bits per heavy atom. The smallest absolute Gasteiger partial charge is 0.0216 e. The van der Waals surface area contributed by atoms with E-state index in [0.29, 0.717) is 11.0 Å². The molecule has 0 spiro atoms. The van der Waals surface area contributed by atoms with Gasteiger partial charge in [-0.05, 0) is 25.2 Å². The van der Waals surface area contributed by atoms with Crippen molar-refractivity contribution in [1.82, 2.24) is 5.32 Å². The minimum atomic E-state index is 0.420. The Hall–Kier alpha value is -0.0400. The lowest BCUT2D eigenvalue weighted by Gasteiger charge is -2.57. The van der Waals surface area contributed by atoms with Gasteiger partial charge in [-0.25, -0.2) is 0 Å². The fourth-order valence-corrected chi connectivity index (χ4v) is 2.16.